The molecule has 0 amide bonds. The molecule has 6 heteroatoms. The molecule has 2 heterocycles. The fourth-order valence-corrected chi connectivity index (χ4v) is 1.41. The molecule has 0 fully saturated rings. The van der Waals surface area contributed by atoms with E-state index in [0.717, 1.165) is 13.1 Å². The van der Waals surface area contributed by atoms with Crippen LogP contribution in [-0.4, -0.2) is 20.5 Å². The van der Waals surface area contributed by atoms with Gasteiger partial charge in [0, 0.05) is 18.7 Å². The highest BCUT2D eigenvalue weighted by atomic mass is 19.3. The maximum absolute atomic E-state index is 13.0. The number of alkyl halides is 2. The van der Waals surface area contributed by atoms with Gasteiger partial charge in [-0.15, -0.1) is 0 Å². The predicted octanol–water partition coefficient (Wildman–Crippen LogP) is 2.14. The molecule has 4 nitrogen and oxygen atoms in total. The number of aromatic nitrogens is 2. The van der Waals surface area contributed by atoms with Gasteiger partial charge in [0.05, 0.1) is 6.20 Å². The number of imidazole rings is 1. The van der Waals surface area contributed by atoms with Crippen LogP contribution in [0.5, 0.6) is 0 Å². The molecule has 0 bridgehead atoms. The van der Waals surface area contributed by atoms with E-state index in [1.165, 1.54) is 22.7 Å². The maximum Gasteiger partial charge on any atom is 0.354 e. The molecule has 0 atom stereocenters. The van der Waals surface area contributed by atoms with Crippen LogP contribution < -0.4 is 0 Å². The zero-order valence-corrected chi connectivity index (χ0v) is 8.32. The van der Waals surface area contributed by atoms with Gasteiger partial charge < -0.3 is 5.11 Å². The van der Waals surface area contributed by atoms with Crippen molar-refractivity contribution in [2.75, 3.05) is 0 Å². The molecule has 0 radical (unpaired) electrons. The zero-order valence-electron chi connectivity index (χ0n) is 8.32. The second kappa shape index (κ2) is 3.26. The largest absolute Gasteiger partial charge is 0.477 e. The lowest BCUT2D eigenvalue weighted by atomic mass is 10.1. The van der Waals surface area contributed by atoms with Crippen LogP contribution in [-0.2, 0) is 5.92 Å². The highest BCUT2D eigenvalue weighted by molar-refractivity contribution is 5.86. The normalized spacial score (nSPS) is 11.9. The predicted molar refractivity (Wildman–Crippen MR) is 51.7 cm³/mol. The Balaban J connectivity index is 2.62. The Bertz CT molecular complexity index is 557. The Hall–Kier alpha value is -1.98. The first-order chi connectivity index (χ1) is 7.39. The van der Waals surface area contributed by atoms with E-state index in [4.69, 9.17) is 5.11 Å². The van der Waals surface area contributed by atoms with Crippen LogP contribution in [0, 0.1) is 0 Å². The van der Waals surface area contributed by atoms with Gasteiger partial charge in [-0.3, -0.25) is 4.40 Å². The van der Waals surface area contributed by atoms with E-state index in [1.807, 2.05) is 0 Å². The molecule has 1 N–H and O–H groups in total. The third kappa shape index (κ3) is 1.62. The number of fused-ring (bicyclic) bond motifs is 1. The number of carboxylic acids is 1. The topological polar surface area (TPSA) is 54.6 Å². The van der Waals surface area contributed by atoms with Gasteiger partial charge in [0.25, 0.3) is 5.92 Å². The lowest BCUT2D eigenvalue weighted by Gasteiger charge is -2.10. The van der Waals surface area contributed by atoms with Gasteiger partial charge in [0.1, 0.15) is 5.65 Å². The third-order valence-corrected chi connectivity index (χ3v) is 2.24. The molecule has 16 heavy (non-hydrogen) atoms. The molecule has 0 spiro atoms. The quantitative estimate of drug-likeness (QED) is 0.853. The summed E-state index contributed by atoms with van der Waals surface area (Å²) in [6, 6.07) is 2.35. The van der Waals surface area contributed by atoms with Gasteiger partial charge in [-0.05, 0) is 12.1 Å². The van der Waals surface area contributed by atoms with Crippen molar-refractivity contribution in [1.82, 2.24) is 9.38 Å². The summed E-state index contributed by atoms with van der Waals surface area (Å²) in [4.78, 5) is 14.5. The number of carbonyl (C=O) groups is 1. The first-order valence-corrected chi connectivity index (χ1v) is 4.48. The summed E-state index contributed by atoms with van der Waals surface area (Å²) in [5.41, 5.74) is -0.0556. The van der Waals surface area contributed by atoms with Crippen LogP contribution in [0.1, 0.15) is 23.0 Å². The summed E-state index contributed by atoms with van der Waals surface area (Å²) in [7, 11) is 0. The van der Waals surface area contributed by atoms with Crippen molar-refractivity contribution < 1.29 is 18.7 Å². The summed E-state index contributed by atoms with van der Waals surface area (Å²) < 4.78 is 27.2. The number of pyridine rings is 1. The highest BCUT2D eigenvalue weighted by Gasteiger charge is 2.25. The van der Waals surface area contributed by atoms with E-state index >= 15 is 0 Å². The number of hydrogen-bond acceptors (Lipinski definition) is 2. The molecule has 0 saturated carbocycles. The Morgan fingerprint density at radius 3 is 2.81 bits per heavy atom. The monoisotopic (exact) mass is 226 g/mol. The molecule has 2 aromatic heterocycles. The average Bonchev–Trinajstić information content (AvgIpc) is 2.58. The molecule has 84 valence electrons. The van der Waals surface area contributed by atoms with Crippen LogP contribution in [0.25, 0.3) is 5.65 Å². The summed E-state index contributed by atoms with van der Waals surface area (Å²) in [5, 5.41) is 8.79. The summed E-state index contributed by atoms with van der Waals surface area (Å²) in [6.07, 6.45) is 2.41. The number of rotatable bonds is 2. The van der Waals surface area contributed by atoms with Crippen LogP contribution in [0.2, 0.25) is 0 Å². The van der Waals surface area contributed by atoms with Crippen molar-refractivity contribution in [1.29, 1.82) is 0 Å². The fourth-order valence-electron chi connectivity index (χ4n) is 1.41. The van der Waals surface area contributed by atoms with Crippen molar-refractivity contribution >= 4 is 11.6 Å². The minimum Gasteiger partial charge on any atom is -0.477 e. The van der Waals surface area contributed by atoms with Gasteiger partial charge in [-0.25, -0.2) is 18.6 Å². The van der Waals surface area contributed by atoms with Crippen LogP contribution >= 0.6 is 0 Å². The number of aromatic carboxylic acids is 1. The lowest BCUT2D eigenvalue weighted by molar-refractivity contribution is 0.0175. The molecule has 0 aromatic carbocycles. The molecule has 2 rings (SSSR count). The lowest BCUT2D eigenvalue weighted by Crippen LogP contribution is -2.08. The van der Waals surface area contributed by atoms with E-state index in [0.29, 0.717) is 0 Å². The Morgan fingerprint density at radius 2 is 2.25 bits per heavy atom. The standard InChI is InChI=1S/C10H8F2N2O2/c1-10(11,12)6-2-3-14-7(9(15)16)5-13-8(14)4-6/h2-5H,1H3,(H,15,16). The van der Waals surface area contributed by atoms with E-state index in [-0.39, 0.29) is 16.9 Å². The van der Waals surface area contributed by atoms with Gasteiger partial charge in [-0.1, -0.05) is 0 Å². The summed E-state index contributed by atoms with van der Waals surface area (Å²) in [5.74, 6) is -4.11. The van der Waals surface area contributed by atoms with E-state index in [9.17, 15) is 13.6 Å². The fraction of sp³-hybridized carbons (Fsp3) is 0.200. The Kier molecular flexibility index (Phi) is 2.15. The van der Waals surface area contributed by atoms with Crippen molar-refractivity contribution in [2.45, 2.75) is 12.8 Å². The minimum absolute atomic E-state index is 0.0547. The second-order valence-electron chi connectivity index (χ2n) is 3.48. The molecular weight excluding hydrogens is 218 g/mol. The van der Waals surface area contributed by atoms with Gasteiger partial charge in [0.2, 0.25) is 0 Å². The van der Waals surface area contributed by atoms with Gasteiger partial charge >= 0.3 is 5.97 Å². The molecular formula is C10H8F2N2O2. The first kappa shape index (κ1) is 10.5. The van der Waals surface area contributed by atoms with Gasteiger partial charge in [0.15, 0.2) is 5.69 Å². The van der Waals surface area contributed by atoms with Crippen LogP contribution in [0.15, 0.2) is 24.5 Å². The number of carboxylic acid groups (broad SMARTS) is 1. The highest BCUT2D eigenvalue weighted by Crippen LogP contribution is 2.27. The number of halogens is 2. The second-order valence-corrected chi connectivity index (χ2v) is 3.48. The molecule has 0 aliphatic carbocycles. The van der Waals surface area contributed by atoms with Crippen molar-refractivity contribution in [2.24, 2.45) is 0 Å². The minimum atomic E-state index is -2.96. The van der Waals surface area contributed by atoms with Crippen LogP contribution in [0.4, 0.5) is 8.78 Å². The summed E-state index contributed by atoms with van der Waals surface area (Å²) in [6.45, 7) is 0.778. The van der Waals surface area contributed by atoms with Crippen molar-refractivity contribution in [3.63, 3.8) is 0 Å². The molecule has 2 aromatic rings. The number of nitrogens with zero attached hydrogens (tertiary/aromatic N) is 2. The number of hydrogen-bond donors (Lipinski definition) is 1. The van der Waals surface area contributed by atoms with E-state index < -0.39 is 11.9 Å². The van der Waals surface area contributed by atoms with E-state index in [2.05, 4.69) is 4.98 Å². The van der Waals surface area contributed by atoms with Crippen molar-refractivity contribution in [3.05, 3.63) is 35.8 Å². The first-order valence-electron chi connectivity index (χ1n) is 4.48. The summed E-state index contributed by atoms with van der Waals surface area (Å²) >= 11 is 0. The smallest absolute Gasteiger partial charge is 0.354 e. The van der Waals surface area contributed by atoms with Gasteiger partial charge in [-0.2, -0.15) is 0 Å². The zero-order chi connectivity index (χ0) is 11.9. The Labute approximate surface area is 89.2 Å². The average molecular weight is 226 g/mol. The molecule has 0 unspecified atom stereocenters. The molecule has 0 saturated heterocycles. The van der Waals surface area contributed by atoms with Crippen molar-refractivity contribution in [3.8, 4) is 0 Å². The van der Waals surface area contributed by atoms with Crippen LogP contribution in [0.3, 0.4) is 0 Å². The van der Waals surface area contributed by atoms with E-state index in [1.54, 1.807) is 0 Å². The SMILES string of the molecule is CC(F)(F)c1ccn2c(C(=O)O)cnc2c1. The maximum atomic E-state index is 13.0. The Morgan fingerprint density at radius 1 is 1.56 bits per heavy atom. The molecule has 0 aliphatic heterocycles. The third-order valence-electron chi connectivity index (χ3n) is 2.24. The molecule has 0 aliphatic rings.